The van der Waals surface area contributed by atoms with E-state index in [-0.39, 0.29) is 12.3 Å². The Hall–Kier alpha value is -3.40. The van der Waals surface area contributed by atoms with Crippen molar-refractivity contribution in [2.45, 2.75) is 20.5 Å². The fourth-order valence-electron chi connectivity index (χ4n) is 3.64. The predicted octanol–water partition coefficient (Wildman–Crippen LogP) is 3.33. The quantitative estimate of drug-likeness (QED) is 0.405. The van der Waals surface area contributed by atoms with Gasteiger partial charge in [-0.15, -0.1) is 0 Å². The fourth-order valence-corrected chi connectivity index (χ4v) is 4.11. The number of tetrazole rings is 1. The van der Waals surface area contributed by atoms with Crippen LogP contribution in [0.15, 0.2) is 45.7 Å². The van der Waals surface area contributed by atoms with E-state index < -0.39 is 0 Å². The van der Waals surface area contributed by atoms with Crippen LogP contribution in [-0.2, 0) is 20.7 Å². The second-order valence-corrected chi connectivity index (χ2v) is 8.26. The number of nitrogens with zero attached hydrogens (tertiary/aromatic N) is 6. The van der Waals surface area contributed by atoms with Crippen LogP contribution in [0.2, 0.25) is 0 Å². The van der Waals surface area contributed by atoms with E-state index in [2.05, 4.69) is 31.5 Å². The van der Waals surface area contributed by atoms with Crippen molar-refractivity contribution in [3.05, 3.63) is 68.0 Å². The van der Waals surface area contributed by atoms with Gasteiger partial charge in [0.15, 0.2) is 0 Å². The molecule has 0 aliphatic rings. The van der Waals surface area contributed by atoms with E-state index in [1.54, 1.807) is 18.8 Å². The Labute approximate surface area is 193 Å². The molecule has 0 amide bonds. The number of halogens is 1. The molecule has 166 valence electrons. The number of benzene rings is 2. The van der Waals surface area contributed by atoms with Crippen LogP contribution < -0.4 is 15.2 Å². The molecule has 0 N–H and O–H groups in total. The minimum Gasteiger partial charge on any atom is -0.489 e. The summed E-state index contributed by atoms with van der Waals surface area (Å²) in [5.41, 5.74) is 4.89. The van der Waals surface area contributed by atoms with Crippen LogP contribution in [0.5, 0.6) is 11.6 Å². The molecule has 2 aromatic heterocycles. The molecule has 0 unspecified atom stereocenters. The molecular formula is C22H23BrN6O3. The van der Waals surface area contributed by atoms with Crippen LogP contribution >= 0.6 is 15.9 Å². The topological polar surface area (TPSA) is 89.0 Å². The molecule has 9 nitrogen and oxygen atoms in total. The minimum absolute atomic E-state index is 0.246. The van der Waals surface area contributed by atoms with Crippen molar-refractivity contribution in [3.8, 4) is 28.6 Å². The third-order valence-electron chi connectivity index (χ3n) is 5.28. The first-order valence-electron chi connectivity index (χ1n) is 9.90. The molecule has 0 saturated carbocycles. The van der Waals surface area contributed by atoms with Gasteiger partial charge in [0.1, 0.15) is 12.4 Å². The number of ether oxygens (including phenoxy) is 2. The van der Waals surface area contributed by atoms with E-state index in [0.29, 0.717) is 5.69 Å². The fraction of sp³-hybridized carbons (Fsp3) is 0.273. The molecule has 0 fully saturated rings. The van der Waals surface area contributed by atoms with Gasteiger partial charge in [0, 0.05) is 35.3 Å². The Morgan fingerprint density at radius 1 is 1.06 bits per heavy atom. The Kier molecular flexibility index (Phi) is 5.88. The maximum atomic E-state index is 12.3. The first-order valence-corrected chi connectivity index (χ1v) is 10.7. The Bertz CT molecular complexity index is 1350. The van der Waals surface area contributed by atoms with Gasteiger partial charge in [0.05, 0.1) is 18.5 Å². The van der Waals surface area contributed by atoms with Crippen LogP contribution in [0.4, 0.5) is 0 Å². The van der Waals surface area contributed by atoms with Crippen molar-refractivity contribution in [3.63, 3.8) is 0 Å². The first-order chi connectivity index (χ1) is 15.3. The van der Waals surface area contributed by atoms with Crippen molar-refractivity contribution < 1.29 is 9.47 Å². The van der Waals surface area contributed by atoms with Gasteiger partial charge in [-0.05, 0) is 60.2 Å². The van der Waals surface area contributed by atoms with Crippen molar-refractivity contribution >= 4 is 15.9 Å². The number of aromatic nitrogens is 6. The molecule has 0 spiro atoms. The van der Waals surface area contributed by atoms with E-state index in [1.807, 2.05) is 57.3 Å². The highest BCUT2D eigenvalue weighted by Crippen LogP contribution is 2.32. The van der Waals surface area contributed by atoms with Gasteiger partial charge >= 0.3 is 5.69 Å². The average Bonchev–Trinajstić information content (AvgIpc) is 3.25. The maximum Gasteiger partial charge on any atom is 0.368 e. The Morgan fingerprint density at radius 2 is 1.84 bits per heavy atom. The normalized spacial score (nSPS) is 11.1. The summed E-state index contributed by atoms with van der Waals surface area (Å²) in [6, 6.07) is 11.5. The molecule has 4 aromatic rings. The maximum absolute atomic E-state index is 12.3. The largest absolute Gasteiger partial charge is 0.489 e. The van der Waals surface area contributed by atoms with E-state index >= 15 is 0 Å². The Morgan fingerprint density at radius 3 is 2.47 bits per heavy atom. The molecule has 2 aromatic carbocycles. The molecule has 0 atom stereocenters. The molecule has 10 heteroatoms. The van der Waals surface area contributed by atoms with Gasteiger partial charge in [-0.2, -0.15) is 14.5 Å². The zero-order valence-corrected chi connectivity index (χ0v) is 20.0. The summed E-state index contributed by atoms with van der Waals surface area (Å²) in [5.74, 6) is 1.47. The van der Waals surface area contributed by atoms with E-state index in [9.17, 15) is 4.79 Å². The third-order valence-corrected chi connectivity index (χ3v) is 6.02. The van der Waals surface area contributed by atoms with Crippen molar-refractivity contribution in [1.29, 1.82) is 0 Å². The van der Waals surface area contributed by atoms with Crippen LogP contribution in [0.3, 0.4) is 0 Å². The number of rotatable bonds is 6. The lowest BCUT2D eigenvalue weighted by atomic mass is 10.1. The van der Waals surface area contributed by atoms with Crippen LogP contribution in [-0.4, -0.2) is 36.7 Å². The lowest BCUT2D eigenvalue weighted by molar-refractivity contribution is 0.302. The van der Waals surface area contributed by atoms with E-state index in [1.165, 1.54) is 9.36 Å². The molecule has 0 radical (unpaired) electrons. The second-order valence-electron chi connectivity index (χ2n) is 7.41. The highest BCUT2D eigenvalue weighted by molar-refractivity contribution is 9.10. The SMILES string of the molecule is COc1c(C)c(-c2ccc(OCc3c(Br)cccc3-n3nnn(C)c3=O)c(C)c2)nn1C. The second kappa shape index (κ2) is 8.62. The number of hydrogen-bond acceptors (Lipinski definition) is 6. The molecule has 4 rings (SSSR count). The third kappa shape index (κ3) is 3.81. The lowest BCUT2D eigenvalue weighted by Gasteiger charge is -2.14. The van der Waals surface area contributed by atoms with Crippen LogP contribution in [0, 0.1) is 13.8 Å². The number of hydrogen-bond donors (Lipinski definition) is 0. The molecule has 0 saturated heterocycles. The zero-order chi connectivity index (χ0) is 23.0. The molecule has 0 aliphatic heterocycles. The van der Waals surface area contributed by atoms with Crippen molar-refractivity contribution in [2.24, 2.45) is 14.1 Å². The average molecular weight is 499 g/mol. The highest BCUT2D eigenvalue weighted by atomic mass is 79.9. The first kappa shape index (κ1) is 21.8. The van der Waals surface area contributed by atoms with Gasteiger partial charge in [-0.25, -0.2) is 9.48 Å². The van der Waals surface area contributed by atoms with E-state index in [4.69, 9.17) is 9.47 Å². The smallest absolute Gasteiger partial charge is 0.368 e. The molecule has 32 heavy (non-hydrogen) atoms. The number of aryl methyl sites for hydroxylation is 3. The zero-order valence-electron chi connectivity index (χ0n) is 18.5. The molecule has 0 bridgehead atoms. The molecule has 2 heterocycles. The molecule has 0 aliphatic carbocycles. The van der Waals surface area contributed by atoms with Gasteiger partial charge in [0.25, 0.3) is 0 Å². The highest BCUT2D eigenvalue weighted by Gasteiger charge is 2.17. The lowest BCUT2D eigenvalue weighted by Crippen LogP contribution is -2.23. The predicted molar refractivity (Wildman–Crippen MR) is 123 cm³/mol. The van der Waals surface area contributed by atoms with Crippen LogP contribution in [0.25, 0.3) is 16.9 Å². The summed E-state index contributed by atoms with van der Waals surface area (Å²) >= 11 is 3.56. The van der Waals surface area contributed by atoms with Gasteiger partial charge in [-0.1, -0.05) is 22.0 Å². The summed E-state index contributed by atoms with van der Waals surface area (Å²) in [7, 11) is 5.06. The number of methoxy groups -OCH3 is 1. The Balaban J connectivity index is 1.62. The molecular weight excluding hydrogens is 476 g/mol. The summed E-state index contributed by atoms with van der Waals surface area (Å²) in [6.45, 7) is 4.22. The monoisotopic (exact) mass is 498 g/mol. The van der Waals surface area contributed by atoms with Crippen molar-refractivity contribution in [1.82, 2.24) is 29.6 Å². The summed E-state index contributed by atoms with van der Waals surface area (Å²) in [5, 5.41) is 12.3. The van der Waals surface area contributed by atoms with Crippen molar-refractivity contribution in [2.75, 3.05) is 7.11 Å². The van der Waals surface area contributed by atoms with Gasteiger partial charge < -0.3 is 9.47 Å². The van der Waals surface area contributed by atoms with E-state index in [0.717, 1.165) is 44.0 Å². The minimum atomic E-state index is -0.328. The van der Waals surface area contributed by atoms with Crippen LogP contribution in [0.1, 0.15) is 16.7 Å². The standard InChI is InChI=1S/C22H23BrN6O3/c1-13-11-15(20-14(2)21(31-5)27(3)24-20)9-10-19(13)32-12-16-17(23)7-6-8-18(16)29-22(30)28(4)25-26-29/h6-11H,12H2,1-5H3. The van der Waals surface area contributed by atoms with Gasteiger partial charge in [0.2, 0.25) is 5.88 Å². The van der Waals surface area contributed by atoms with Gasteiger partial charge in [-0.3, -0.25) is 0 Å². The summed E-state index contributed by atoms with van der Waals surface area (Å²) in [6.07, 6.45) is 0. The summed E-state index contributed by atoms with van der Waals surface area (Å²) < 4.78 is 16.5. The summed E-state index contributed by atoms with van der Waals surface area (Å²) in [4.78, 5) is 12.3.